The first-order chi connectivity index (χ1) is 8.79. The van der Waals surface area contributed by atoms with E-state index in [1.54, 1.807) is 0 Å². The Kier molecular flexibility index (Phi) is 7.16. The summed E-state index contributed by atoms with van der Waals surface area (Å²) in [6.45, 7) is 4.79. The van der Waals surface area contributed by atoms with Crippen LogP contribution in [0.1, 0.15) is 57.4 Å². The van der Waals surface area contributed by atoms with Gasteiger partial charge in [-0.25, -0.2) is 0 Å². The van der Waals surface area contributed by atoms with Gasteiger partial charge in [0.25, 0.3) is 0 Å². The van der Waals surface area contributed by atoms with Crippen LogP contribution < -0.4 is 0 Å². The number of benzene rings is 1. The van der Waals surface area contributed by atoms with Crippen LogP contribution in [-0.4, -0.2) is 12.6 Å². The standard InChI is InChI=1S/C16H24O2/c1-3-5-12-15(14-10-8-7-9-11-14)16(17)18-13-6-4-2/h7-11,15H,3-6,12-13H2,1-2H3. The average molecular weight is 248 g/mol. The topological polar surface area (TPSA) is 26.3 Å². The third kappa shape index (κ3) is 4.91. The molecule has 18 heavy (non-hydrogen) atoms. The highest BCUT2D eigenvalue weighted by Crippen LogP contribution is 2.23. The van der Waals surface area contributed by atoms with Crippen molar-refractivity contribution in [2.24, 2.45) is 0 Å². The summed E-state index contributed by atoms with van der Waals surface area (Å²) < 4.78 is 5.36. The summed E-state index contributed by atoms with van der Waals surface area (Å²) in [5.41, 5.74) is 1.08. The Bertz CT molecular complexity index is 332. The van der Waals surface area contributed by atoms with Crippen molar-refractivity contribution >= 4 is 5.97 Å². The molecule has 0 saturated carbocycles. The molecule has 100 valence electrons. The van der Waals surface area contributed by atoms with Crippen LogP contribution in [0.15, 0.2) is 30.3 Å². The van der Waals surface area contributed by atoms with Crippen LogP contribution in [0.2, 0.25) is 0 Å². The van der Waals surface area contributed by atoms with Gasteiger partial charge in [0.05, 0.1) is 12.5 Å². The average Bonchev–Trinajstić information content (AvgIpc) is 2.41. The number of ether oxygens (including phenoxy) is 1. The van der Waals surface area contributed by atoms with E-state index in [0.717, 1.165) is 37.7 Å². The summed E-state index contributed by atoms with van der Waals surface area (Å²) in [6, 6.07) is 9.97. The first-order valence-electron chi connectivity index (χ1n) is 7.01. The van der Waals surface area contributed by atoms with Gasteiger partial charge in [-0.3, -0.25) is 4.79 Å². The summed E-state index contributed by atoms with van der Waals surface area (Å²) in [6.07, 6.45) is 5.04. The molecule has 0 bridgehead atoms. The van der Waals surface area contributed by atoms with Gasteiger partial charge in [0.2, 0.25) is 0 Å². The summed E-state index contributed by atoms with van der Waals surface area (Å²) in [4.78, 5) is 12.1. The van der Waals surface area contributed by atoms with E-state index in [4.69, 9.17) is 4.74 Å². The van der Waals surface area contributed by atoms with Crippen molar-refractivity contribution in [1.82, 2.24) is 0 Å². The van der Waals surface area contributed by atoms with Gasteiger partial charge in [0.15, 0.2) is 0 Å². The smallest absolute Gasteiger partial charge is 0.313 e. The number of esters is 1. The Morgan fingerprint density at radius 3 is 2.39 bits per heavy atom. The highest BCUT2D eigenvalue weighted by Gasteiger charge is 2.21. The molecule has 0 amide bonds. The lowest BCUT2D eigenvalue weighted by molar-refractivity contribution is -0.145. The van der Waals surface area contributed by atoms with Gasteiger partial charge in [-0.2, -0.15) is 0 Å². The molecule has 0 N–H and O–H groups in total. The van der Waals surface area contributed by atoms with Crippen LogP contribution in [-0.2, 0) is 9.53 Å². The molecule has 0 aliphatic rings. The number of rotatable bonds is 8. The molecule has 0 fully saturated rings. The quantitative estimate of drug-likeness (QED) is 0.506. The maximum atomic E-state index is 12.1. The van der Waals surface area contributed by atoms with Crippen molar-refractivity contribution in [3.63, 3.8) is 0 Å². The fourth-order valence-electron chi connectivity index (χ4n) is 1.93. The van der Waals surface area contributed by atoms with Gasteiger partial charge in [-0.1, -0.05) is 63.4 Å². The molecule has 0 radical (unpaired) electrons. The third-order valence-corrected chi connectivity index (χ3v) is 3.08. The Morgan fingerprint density at radius 1 is 1.11 bits per heavy atom. The van der Waals surface area contributed by atoms with Crippen molar-refractivity contribution in [2.75, 3.05) is 6.61 Å². The van der Waals surface area contributed by atoms with Crippen LogP contribution in [0.25, 0.3) is 0 Å². The minimum Gasteiger partial charge on any atom is -0.465 e. The fraction of sp³-hybridized carbons (Fsp3) is 0.562. The van der Waals surface area contributed by atoms with Crippen molar-refractivity contribution in [1.29, 1.82) is 0 Å². The maximum Gasteiger partial charge on any atom is 0.313 e. The maximum absolute atomic E-state index is 12.1. The molecule has 1 aromatic carbocycles. The summed E-state index contributed by atoms with van der Waals surface area (Å²) in [5.74, 6) is -0.161. The predicted molar refractivity (Wildman–Crippen MR) is 74.6 cm³/mol. The van der Waals surface area contributed by atoms with Crippen LogP contribution >= 0.6 is 0 Å². The second-order valence-corrected chi connectivity index (χ2v) is 4.63. The van der Waals surface area contributed by atoms with E-state index in [9.17, 15) is 4.79 Å². The van der Waals surface area contributed by atoms with Gasteiger partial charge in [-0.15, -0.1) is 0 Å². The molecule has 0 aliphatic heterocycles. The lowest BCUT2D eigenvalue weighted by Gasteiger charge is -2.16. The van der Waals surface area contributed by atoms with Crippen molar-refractivity contribution in [2.45, 2.75) is 51.9 Å². The Morgan fingerprint density at radius 2 is 1.78 bits per heavy atom. The first kappa shape index (κ1) is 14.7. The molecular weight excluding hydrogens is 224 g/mol. The van der Waals surface area contributed by atoms with Crippen molar-refractivity contribution in [3.8, 4) is 0 Å². The van der Waals surface area contributed by atoms with Gasteiger partial charge < -0.3 is 4.74 Å². The Hall–Kier alpha value is -1.31. The minimum absolute atomic E-state index is 0.0666. The van der Waals surface area contributed by atoms with E-state index in [0.29, 0.717) is 6.61 Å². The summed E-state index contributed by atoms with van der Waals surface area (Å²) in [7, 11) is 0. The highest BCUT2D eigenvalue weighted by molar-refractivity contribution is 5.78. The monoisotopic (exact) mass is 248 g/mol. The van der Waals surface area contributed by atoms with Gasteiger partial charge >= 0.3 is 5.97 Å². The van der Waals surface area contributed by atoms with Gasteiger partial charge in [0, 0.05) is 0 Å². The Labute approximate surface area is 110 Å². The molecule has 0 spiro atoms. The van der Waals surface area contributed by atoms with Gasteiger partial charge in [-0.05, 0) is 18.4 Å². The second kappa shape index (κ2) is 8.73. The summed E-state index contributed by atoms with van der Waals surface area (Å²) in [5, 5.41) is 0. The number of hydrogen-bond donors (Lipinski definition) is 0. The molecule has 0 aromatic heterocycles. The molecule has 1 atom stereocenters. The summed E-state index contributed by atoms with van der Waals surface area (Å²) >= 11 is 0. The van der Waals surface area contributed by atoms with E-state index in [1.807, 2.05) is 30.3 Å². The van der Waals surface area contributed by atoms with Crippen molar-refractivity contribution < 1.29 is 9.53 Å². The van der Waals surface area contributed by atoms with Crippen LogP contribution in [0.3, 0.4) is 0 Å². The van der Waals surface area contributed by atoms with E-state index in [2.05, 4.69) is 13.8 Å². The van der Waals surface area contributed by atoms with E-state index >= 15 is 0 Å². The molecule has 1 aromatic rings. The molecule has 0 saturated heterocycles. The lowest BCUT2D eigenvalue weighted by atomic mass is 9.94. The van der Waals surface area contributed by atoms with E-state index in [1.165, 1.54) is 0 Å². The second-order valence-electron chi connectivity index (χ2n) is 4.63. The molecule has 1 rings (SSSR count). The molecule has 2 heteroatoms. The van der Waals surface area contributed by atoms with Crippen LogP contribution in [0.5, 0.6) is 0 Å². The number of unbranched alkanes of at least 4 members (excludes halogenated alkanes) is 2. The number of carbonyl (C=O) groups is 1. The van der Waals surface area contributed by atoms with Crippen LogP contribution in [0.4, 0.5) is 0 Å². The molecule has 2 nitrogen and oxygen atoms in total. The van der Waals surface area contributed by atoms with Gasteiger partial charge in [0.1, 0.15) is 0 Å². The first-order valence-corrected chi connectivity index (χ1v) is 7.01. The predicted octanol–water partition coefficient (Wildman–Crippen LogP) is 4.30. The third-order valence-electron chi connectivity index (χ3n) is 3.08. The lowest BCUT2D eigenvalue weighted by Crippen LogP contribution is -2.16. The zero-order valence-electron chi connectivity index (χ0n) is 11.5. The van der Waals surface area contributed by atoms with E-state index in [-0.39, 0.29) is 11.9 Å². The van der Waals surface area contributed by atoms with Crippen molar-refractivity contribution in [3.05, 3.63) is 35.9 Å². The zero-order chi connectivity index (χ0) is 13.2. The van der Waals surface area contributed by atoms with Crippen LogP contribution in [0, 0.1) is 0 Å². The molecule has 0 aliphatic carbocycles. The fourth-order valence-corrected chi connectivity index (χ4v) is 1.93. The normalized spacial score (nSPS) is 12.1. The minimum atomic E-state index is -0.0944. The number of carbonyl (C=O) groups excluding carboxylic acids is 1. The largest absolute Gasteiger partial charge is 0.465 e. The zero-order valence-corrected chi connectivity index (χ0v) is 11.5. The van der Waals surface area contributed by atoms with E-state index < -0.39 is 0 Å². The number of hydrogen-bond acceptors (Lipinski definition) is 2. The Balaban J connectivity index is 2.63. The SMILES string of the molecule is CCCCOC(=O)C(CCCC)c1ccccc1. The molecular formula is C16H24O2. The molecule has 0 heterocycles. The molecule has 1 unspecified atom stereocenters. The highest BCUT2D eigenvalue weighted by atomic mass is 16.5.